The fourth-order valence-corrected chi connectivity index (χ4v) is 5.97. The highest BCUT2D eigenvalue weighted by atomic mass is 35.5. The third kappa shape index (κ3) is 4.64. The zero-order valence-corrected chi connectivity index (χ0v) is 21.6. The summed E-state index contributed by atoms with van der Waals surface area (Å²) in [5, 5.41) is 14.8. The van der Waals surface area contributed by atoms with Gasteiger partial charge >= 0.3 is 5.76 Å². The van der Waals surface area contributed by atoms with Crippen LogP contribution < -0.4 is 10.7 Å². The molecule has 4 aromatic heterocycles. The molecule has 2 fully saturated rings. The van der Waals surface area contributed by atoms with Crippen molar-refractivity contribution >= 4 is 28.6 Å². The summed E-state index contributed by atoms with van der Waals surface area (Å²) in [6.45, 7) is 5.77. The molecule has 10 nitrogen and oxygen atoms in total. The number of hydrogen-bond acceptors (Lipinski definition) is 8. The van der Waals surface area contributed by atoms with Gasteiger partial charge in [-0.15, -0.1) is 0 Å². The SMILES string of the molecule is CC1CCC(Cn2c(N3C[C@H](O)C[C@H]3C)nc3cc(-c4noc(=O)[nH]4)nc(-c4cncc(Cl)c4)c32)CC1. The highest BCUT2D eigenvalue weighted by Gasteiger charge is 2.33. The summed E-state index contributed by atoms with van der Waals surface area (Å²) in [5.74, 6) is 1.67. The van der Waals surface area contributed by atoms with E-state index in [1.165, 1.54) is 12.8 Å². The molecule has 2 atom stereocenters. The van der Waals surface area contributed by atoms with Crippen LogP contribution in [0.25, 0.3) is 33.8 Å². The third-order valence-electron chi connectivity index (χ3n) is 7.75. The molecule has 0 amide bonds. The van der Waals surface area contributed by atoms with Gasteiger partial charge in [0.05, 0.1) is 27.9 Å². The first-order valence-electron chi connectivity index (χ1n) is 12.9. The van der Waals surface area contributed by atoms with E-state index in [9.17, 15) is 9.90 Å². The van der Waals surface area contributed by atoms with Crippen LogP contribution in [0, 0.1) is 11.8 Å². The van der Waals surface area contributed by atoms with Crippen molar-refractivity contribution < 1.29 is 9.63 Å². The van der Waals surface area contributed by atoms with Crippen molar-refractivity contribution in [3.63, 3.8) is 0 Å². The summed E-state index contributed by atoms with van der Waals surface area (Å²) >= 11 is 6.34. The molecular weight excluding hydrogens is 494 g/mol. The highest BCUT2D eigenvalue weighted by molar-refractivity contribution is 6.30. The van der Waals surface area contributed by atoms with E-state index in [0.717, 1.165) is 47.8 Å². The molecular formula is C26H30ClN7O3. The minimum Gasteiger partial charge on any atom is -0.391 e. The van der Waals surface area contributed by atoms with Gasteiger partial charge in [-0.05, 0) is 50.2 Å². The number of hydrogen-bond donors (Lipinski definition) is 2. The van der Waals surface area contributed by atoms with Gasteiger partial charge in [-0.25, -0.2) is 14.8 Å². The van der Waals surface area contributed by atoms with Crippen LogP contribution in [0.4, 0.5) is 5.95 Å². The van der Waals surface area contributed by atoms with Crippen LogP contribution in [0.5, 0.6) is 0 Å². The van der Waals surface area contributed by atoms with Gasteiger partial charge in [-0.2, -0.15) is 0 Å². The van der Waals surface area contributed by atoms with E-state index in [0.29, 0.717) is 35.3 Å². The van der Waals surface area contributed by atoms with Crippen LogP contribution in [-0.2, 0) is 6.54 Å². The average molecular weight is 524 g/mol. The molecule has 4 aromatic rings. The largest absolute Gasteiger partial charge is 0.439 e. The Balaban J connectivity index is 1.58. The lowest BCUT2D eigenvalue weighted by Gasteiger charge is -2.29. The average Bonchev–Trinajstić information content (AvgIpc) is 3.56. The van der Waals surface area contributed by atoms with Crippen molar-refractivity contribution in [1.82, 2.24) is 29.7 Å². The van der Waals surface area contributed by atoms with Crippen LogP contribution >= 0.6 is 11.6 Å². The Morgan fingerprint density at radius 2 is 1.97 bits per heavy atom. The van der Waals surface area contributed by atoms with E-state index < -0.39 is 11.9 Å². The standard InChI is InChI=1S/C26H30ClN7O3/c1-14-3-5-16(6-4-14)12-34-23-20(30-25(34)33-13-19(35)7-15(33)2)9-21(24-31-26(36)37-32-24)29-22(23)17-8-18(27)11-28-10-17/h8-11,14-16,19,35H,3-7,12-13H2,1-2H3,(H,31,32,36)/t14?,15-,16?,19-/m1/s1. The Morgan fingerprint density at radius 3 is 2.65 bits per heavy atom. The maximum Gasteiger partial charge on any atom is 0.439 e. The third-order valence-corrected chi connectivity index (χ3v) is 7.96. The van der Waals surface area contributed by atoms with Crippen LogP contribution in [-0.4, -0.2) is 53.5 Å². The predicted octanol–water partition coefficient (Wildman–Crippen LogP) is 4.28. The second-order valence-corrected chi connectivity index (χ2v) is 11.0. The zero-order valence-electron chi connectivity index (χ0n) is 20.9. The molecule has 0 radical (unpaired) electrons. The summed E-state index contributed by atoms with van der Waals surface area (Å²) in [6, 6.07) is 3.80. The van der Waals surface area contributed by atoms with Gasteiger partial charge < -0.3 is 14.6 Å². The topological polar surface area (TPSA) is 126 Å². The van der Waals surface area contributed by atoms with Gasteiger partial charge in [0.2, 0.25) is 11.8 Å². The van der Waals surface area contributed by atoms with Gasteiger partial charge in [0.25, 0.3) is 0 Å². The number of aliphatic hydroxyl groups is 1. The van der Waals surface area contributed by atoms with Crippen molar-refractivity contribution in [1.29, 1.82) is 0 Å². The maximum atomic E-state index is 11.7. The number of nitrogens with zero attached hydrogens (tertiary/aromatic N) is 6. The second-order valence-electron chi connectivity index (χ2n) is 10.6. The van der Waals surface area contributed by atoms with Crippen molar-refractivity contribution in [3.8, 4) is 22.8 Å². The Bertz CT molecular complexity index is 1490. The van der Waals surface area contributed by atoms with Crippen LogP contribution in [0.1, 0.15) is 46.0 Å². The quantitative estimate of drug-likeness (QED) is 0.397. The van der Waals surface area contributed by atoms with Crippen LogP contribution in [0.3, 0.4) is 0 Å². The fraction of sp³-hybridized carbons (Fsp3) is 0.500. The fourth-order valence-electron chi connectivity index (χ4n) is 5.79. The first-order valence-corrected chi connectivity index (χ1v) is 13.3. The number of rotatable bonds is 5. The van der Waals surface area contributed by atoms with Gasteiger partial charge in [0, 0.05) is 37.1 Å². The minimum absolute atomic E-state index is 0.146. The number of halogens is 1. The number of fused-ring (bicyclic) bond motifs is 1. The second kappa shape index (κ2) is 9.57. The van der Waals surface area contributed by atoms with Crippen molar-refractivity contribution in [2.75, 3.05) is 11.4 Å². The molecule has 5 heterocycles. The summed E-state index contributed by atoms with van der Waals surface area (Å²) in [5.41, 5.74) is 3.43. The van der Waals surface area contributed by atoms with Crippen molar-refractivity contribution in [2.45, 2.75) is 64.6 Å². The van der Waals surface area contributed by atoms with Crippen molar-refractivity contribution in [2.24, 2.45) is 11.8 Å². The van der Waals surface area contributed by atoms with Gasteiger partial charge in [0.1, 0.15) is 5.69 Å². The summed E-state index contributed by atoms with van der Waals surface area (Å²) in [6.07, 6.45) is 8.38. The van der Waals surface area contributed by atoms with Crippen LogP contribution in [0.2, 0.25) is 5.02 Å². The lowest BCUT2D eigenvalue weighted by atomic mass is 9.83. The highest BCUT2D eigenvalue weighted by Crippen LogP contribution is 2.38. The number of aliphatic hydroxyl groups excluding tert-OH is 1. The number of β-amino-alcohol motifs (C(OH)–C–C–N with tert-alkyl or cyclic N) is 1. The molecule has 37 heavy (non-hydrogen) atoms. The molecule has 11 heteroatoms. The molecule has 6 rings (SSSR count). The molecule has 0 unspecified atom stereocenters. The Morgan fingerprint density at radius 1 is 1.16 bits per heavy atom. The van der Waals surface area contributed by atoms with E-state index in [4.69, 9.17) is 26.1 Å². The van der Waals surface area contributed by atoms with E-state index in [2.05, 4.69) is 38.4 Å². The van der Waals surface area contributed by atoms with Crippen LogP contribution in [0.15, 0.2) is 33.8 Å². The predicted molar refractivity (Wildman–Crippen MR) is 140 cm³/mol. The number of nitrogens with one attached hydrogen (secondary N) is 1. The minimum atomic E-state index is -0.652. The first kappa shape index (κ1) is 24.1. The Hall–Kier alpha value is -3.24. The molecule has 2 aliphatic rings. The van der Waals surface area contributed by atoms with E-state index in [1.807, 2.05) is 12.1 Å². The zero-order chi connectivity index (χ0) is 25.7. The molecule has 0 bridgehead atoms. The summed E-state index contributed by atoms with van der Waals surface area (Å²) in [4.78, 5) is 30.8. The van der Waals surface area contributed by atoms with Gasteiger partial charge in [-0.1, -0.05) is 36.5 Å². The normalized spacial score (nSPS) is 24.3. The molecule has 1 aliphatic carbocycles. The van der Waals surface area contributed by atoms with E-state index in [-0.39, 0.29) is 11.9 Å². The van der Waals surface area contributed by atoms with E-state index in [1.54, 1.807) is 12.4 Å². The molecule has 1 aliphatic heterocycles. The molecule has 2 N–H and O–H groups in total. The lowest BCUT2D eigenvalue weighted by molar-refractivity contribution is 0.195. The number of aromatic nitrogens is 6. The number of pyridine rings is 2. The Kier molecular flexibility index (Phi) is 6.24. The first-order chi connectivity index (χ1) is 17.9. The van der Waals surface area contributed by atoms with Crippen molar-refractivity contribution in [3.05, 3.63) is 40.1 Å². The van der Waals surface area contributed by atoms with Gasteiger partial charge in [0.15, 0.2) is 0 Å². The number of H-pyrrole nitrogens is 1. The summed E-state index contributed by atoms with van der Waals surface area (Å²) < 4.78 is 7.01. The molecule has 1 saturated heterocycles. The summed E-state index contributed by atoms with van der Waals surface area (Å²) in [7, 11) is 0. The van der Waals surface area contributed by atoms with Gasteiger partial charge in [-0.3, -0.25) is 14.5 Å². The molecule has 0 aromatic carbocycles. The molecule has 194 valence electrons. The lowest BCUT2D eigenvalue weighted by Crippen LogP contribution is -2.31. The van der Waals surface area contributed by atoms with E-state index >= 15 is 0 Å². The Labute approximate surface area is 218 Å². The molecule has 1 saturated carbocycles. The monoisotopic (exact) mass is 523 g/mol. The number of anilines is 1. The number of aromatic amines is 1. The maximum absolute atomic E-state index is 11.7. The smallest absolute Gasteiger partial charge is 0.391 e. The number of imidazole rings is 1. The molecule has 0 spiro atoms.